The fourth-order valence-corrected chi connectivity index (χ4v) is 4.84. The topological polar surface area (TPSA) is 49.3 Å². The summed E-state index contributed by atoms with van der Waals surface area (Å²) in [7, 11) is 0. The van der Waals surface area contributed by atoms with E-state index in [9.17, 15) is 9.90 Å². The highest BCUT2D eigenvalue weighted by molar-refractivity contribution is 5.67. The Morgan fingerprint density at radius 3 is 2.35 bits per heavy atom. The normalized spacial score (nSPS) is 35.3. The van der Waals surface area contributed by atoms with Crippen LogP contribution in [0, 0.1) is 23.2 Å². The number of hydrogen-bond acceptors (Lipinski definition) is 2. The monoisotopic (exact) mass is 281 g/mol. The second kappa shape index (κ2) is 6.93. The van der Waals surface area contributed by atoms with Crippen molar-refractivity contribution in [2.75, 3.05) is 13.1 Å². The van der Waals surface area contributed by atoms with Gasteiger partial charge in [0.2, 0.25) is 0 Å². The Kier molecular flexibility index (Phi) is 5.48. The van der Waals surface area contributed by atoms with Crippen LogP contribution in [0.15, 0.2) is 0 Å². The van der Waals surface area contributed by atoms with Gasteiger partial charge in [0.05, 0.1) is 6.42 Å². The molecule has 2 fully saturated rings. The van der Waals surface area contributed by atoms with Crippen molar-refractivity contribution in [2.45, 2.75) is 65.2 Å². The van der Waals surface area contributed by atoms with Gasteiger partial charge in [-0.3, -0.25) is 4.79 Å². The van der Waals surface area contributed by atoms with E-state index >= 15 is 0 Å². The van der Waals surface area contributed by atoms with E-state index in [4.69, 9.17) is 0 Å². The van der Waals surface area contributed by atoms with Crippen LogP contribution in [0.3, 0.4) is 0 Å². The highest BCUT2D eigenvalue weighted by Crippen LogP contribution is 2.44. The molecule has 0 aromatic carbocycles. The predicted octanol–water partition coefficient (Wildman–Crippen LogP) is 3.68. The molecule has 2 saturated carbocycles. The zero-order valence-electron chi connectivity index (χ0n) is 13.2. The highest BCUT2D eigenvalue weighted by atomic mass is 16.4. The van der Waals surface area contributed by atoms with E-state index in [0.717, 1.165) is 31.8 Å². The minimum Gasteiger partial charge on any atom is -0.481 e. The largest absolute Gasteiger partial charge is 0.481 e. The number of hydrogen-bond donors (Lipinski definition) is 2. The number of aliphatic carboxylic acids is 1. The van der Waals surface area contributed by atoms with E-state index < -0.39 is 5.97 Å². The quantitative estimate of drug-likeness (QED) is 0.780. The Morgan fingerprint density at radius 2 is 1.80 bits per heavy atom. The van der Waals surface area contributed by atoms with Crippen LogP contribution in [0.4, 0.5) is 0 Å². The lowest BCUT2D eigenvalue weighted by atomic mass is 9.64. The van der Waals surface area contributed by atoms with E-state index in [1.54, 1.807) is 0 Å². The lowest BCUT2D eigenvalue weighted by Crippen LogP contribution is -2.42. The molecule has 0 bridgehead atoms. The summed E-state index contributed by atoms with van der Waals surface area (Å²) < 4.78 is 0. The molecule has 0 spiro atoms. The molecule has 0 radical (unpaired) electrons. The van der Waals surface area contributed by atoms with Crippen molar-refractivity contribution < 1.29 is 9.90 Å². The Labute approximate surface area is 123 Å². The summed E-state index contributed by atoms with van der Waals surface area (Å²) >= 11 is 0. The maximum atomic E-state index is 11.3. The molecule has 20 heavy (non-hydrogen) atoms. The van der Waals surface area contributed by atoms with Gasteiger partial charge in [-0.25, -0.2) is 0 Å². The summed E-state index contributed by atoms with van der Waals surface area (Å²) in [5.41, 5.74) is -0.0124. The first-order valence-electron chi connectivity index (χ1n) is 8.42. The lowest BCUT2D eigenvalue weighted by molar-refractivity contribution is -0.140. The Bertz CT molecular complexity index is 313. The van der Waals surface area contributed by atoms with Gasteiger partial charge in [0.15, 0.2) is 0 Å². The molecule has 0 amide bonds. The highest BCUT2D eigenvalue weighted by Gasteiger charge is 2.39. The number of carboxylic acid groups (broad SMARTS) is 1. The molecule has 0 aromatic rings. The van der Waals surface area contributed by atoms with Crippen molar-refractivity contribution in [1.29, 1.82) is 0 Å². The second-order valence-corrected chi connectivity index (χ2v) is 7.71. The van der Waals surface area contributed by atoms with Gasteiger partial charge in [-0.05, 0) is 61.8 Å². The maximum absolute atomic E-state index is 11.3. The first-order chi connectivity index (χ1) is 9.49. The average Bonchev–Trinajstić information content (AvgIpc) is 2.79. The van der Waals surface area contributed by atoms with Gasteiger partial charge in [0.1, 0.15) is 0 Å². The molecule has 116 valence electrons. The standard InChI is InChI=1S/C17H31NO2/c1-13-7-14(2)9-17(8-13,10-16(19)20)12-18-11-15-5-3-4-6-15/h13-15,18H,3-12H2,1-2H3,(H,19,20)/t13-,14+,17?. The third-order valence-corrected chi connectivity index (χ3v) is 5.30. The fraction of sp³-hybridized carbons (Fsp3) is 0.941. The molecular formula is C17H31NO2. The van der Waals surface area contributed by atoms with Gasteiger partial charge in [-0.15, -0.1) is 0 Å². The van der Waals surface area contributed by atoms with Crippen LogP contribution < -0.4 is 5.32 Å². The predicted molar refractivity (Wildman–Crippen MR) is 81.7 cm³/mol. The van der Waals surface area contributed by atoms with Crippen LogP contribution in [0.25, 0.3) is 0 Å². The second-order valence-electron chi connectivity index (χ2n) is 7.71. The smallest absolute Gasteiger partial charge is 0.303 e. The number of nitrogens with one attached hydrogen (secondary N) is 1. The van der Waals surface area contributed by atoms with E-state index in [0.29, 0.717) is 18.3 Å². The molecule has 0 aromatic heterocycles. The van der Waals surface area contributed by atoms with Crippen molar-refractivity contribution in [3.63, 3.8) is 0 Å². The van der Waals surface area contributed by atoms with E-state index in [1.165, 1.54) is 32.1 Å². The first-order valence-corrected chi connectivity index (χ1v) is 8.42. The fourth-order valence-electron chi connectivity index (χ4n) is 4.84. The maximum Gasteiger partial charge on any atom is 0.303 e. The minimum absolute atomic E-state index is 0.0124. The van der Waals surface area contributed by atoms with E-state index in [2.05, 4.69) is 19.2 Å². The van der Waals surface area contributed by atoms with Crippen molar-refractivity contribution in [1.82, 2.24) is 5.32 Å². The SMILES string of the molecule is C[C@@H]1C[C@H](C)CC(CNCC2CCCC2)(CC(=O)O)C1. The van der Waals surface area contributed by atoms with Crippen molar-refractivity contribution in [3.05, 3.63) is 0 Å². The zero-order valence-corrected chi connectivity index (χ0v) is 13.2. The molecule has 0 heterocycles. The number of rotatable bonds is 6. The van der Waals surface area contributed by atoms with Crippen molar-refractivity contribution in [2.24, 2.45) is 23.2 Å². The summed E-state index contributed by atoms with van der Waals surface area (Å²) in [5.74, 6) is 1.52. The van der Waals surface area contributed by atoms with Crippen LogP contribution in [0.1, 0.15) is 65.2 Å². The van der Waals surface area contributed by atoms with E-state index in [-0.39, 0.29) is 5.41 Å². The van der Waals surface area contributed by atoms with Gasteiger partial charge in [-0.2, -0.15) is 0 Å². The molecule has 2 aliphatic rings. The van der Waals surface area contributed by atoms with Crippen LogP contribution in [0.5, 0.6) is 0 Å². The molecule has 0 saturated heterocycles. The van der Waals surface area contributed by atoms with E-state index in [1.807, 2.05) is 0 Å². The average molecular weight is 281 g/mol. The van der Waals surface area contributed by atoms with Crippen LogP contribution in [0.2, 0.25) is 0 Å². The van der Waals surface area contributed by atoms with Gasteiger partial charge in [0.25, 0.3) is 0 Å². The van der Waals surface area contributed by atoms with Crippen LogP contribution in [-0.4, -0.2) is 24.2 Å². The zero-order chi connectivity index (χ0) is 14.6. The van der Waals surface area contributed by atoms with Gasteiger partial charge in [-0.1, -0.05) is 26.7 Å². The summed E-state index contributed by atoms with van der Waals surface area (Å²) in [6.45, 7) is 6.54. The molecular weight excluding hydrogens is 250 g/mol. The molecule has 2 rings (SSSR count). The summed E-state index contributed by atoms with van der Waals surface area (Å²) in [6.07, 6.45) is 9.19. The third-order valence-electron chi connectivity index (χ3n) is 5.30. The molecule has 3 heteroatoms. The van der Waals surface area contributed by atoms with Gasteiger partial charge in [0, 0.05) is 6.54 Å². The molecule has 3 nitrogen and oxygen atoms in total. The third kappa shape index (κ3) is 4.47. The molecule has 1 unspecified atom stereocenters. The Morgan fingerprint density at radius 1 is 1.20 bits per heavy atom. The number of carboxylic acids is 1. The van der Waals surface area contributed by atoms with Crippen LogP contribution in [-0.2, 0) is 4.79 Å². The van der Waals surface area contributed by atoms with Gasteiger partial charge >= 0.3 is 5.97 Å². The molecule has 2 N–H and O–H groups in total. The molecule has 0 aliphatic heterocycles. The first kappa shape index (κ1) is 15.8. The van der Waals surface area contributed by atoms with Crippen molar-refractivity contribution >= 4 is 5.97 Å². The van der Waals surface area contributed by atoms with Gasteiger partial charge < -0.3 is 10.4 Å². The minimum atomic E-state index is -0.631. The molecule has 3 atom stereocenters. The summed E-state index contributed by atoms with van der Waals surface area (Å²) in [5, 5.41) is 12.9. The van der Waals surface area contributed by atoms with Crippen molar-refractivity contribution in [3.8, 4) is 0 Å². The summed E-state index contributed by atoms with van der Waals surface area (Å²) in [6, 6.07) is 0. The van der Waals surface area contributed by atoms with Crippen LogP contribution >= 0.6 is 0 Å². The summed E-state index contributed by atoms with van der Waals surface area (Å²) in [4.78, 5) is 11.3. The lowest BCUT2D eigenvalue weighted by Gasteiger charge is -2.42. The number of carbonyl (C=O) groups is 1. The Balaban J connectivity index is 1.89. The molecule has 2 aliphatic carbocycles. The Hall–Kier alpha value is -0.570.